The highest BCUT2D eigenvalue weighted by Crippen LogP contribution is 2.31. The maximum Gasteiger partial charge on any atom is 0.394 e. The second-order valence-electron chi connectivity index (χ2n) is 2.50. The third kappa shape index (κ3) is 2.81. The summed E-state index contributed by atoms with van der Waals surface area (Å²) in [6.07, 6.45) is 0. The van der Waals surface area contributed by atoms with Gasteiger partial charge >= 0.3 is 11.9 Å². The van der Waals surface area contributed by atoms with Crippen molar-refractivity contribution >= 4 is 40.8 Å². The Bertz CT molecular complexity index is 413. The van der Waals surface area contributed by atoms with Crippen LogP contribution in [0.3, 0.4) is 0 Å². The van der Waals surface area contributed by atoms with Gasteiger partial charge in [0, 0.05) is 0 Å². The highest BCUT2D eigenvalue weighted by molar-refractivity contribution is 6.43. The van der Waals surface area contributed by atoms with Crippen LogP contribution in [0.1, 0.15) is 0 Å². The molecule has 0 heterocycles. The number of aliphatic carboxylic acids is 1. The summed E-state index contributed by atoms with van der Waals surface area (Å²) in [5, 5.41) is 9.90. The molecule has 0 saturated carbocycles. The number of carbonyl (C=O) groups excluding carboxylic acids is 1. The van der Waals surface area contributed by atoms with Gasteiger partial charge in [0.1, 0.15) is 5.82 Å². The van der Waals surface area contributed by atoms with E-state index >= 15 is 0 Å². The van der Waals surface area contributed by atoms with Gasteiger partial charge < -0.3 is 10.4 Å². The standard InChI is InChI=1S/C8H4Cl2FNO3/c9-4-1-3(11)2-5(10)6(4)12-7(13)8(14)15/h1-2H,(H,12,13)(H,14,15). The zero-order valence-electron chi connectivity index (χ0n) is 7.05. The quantitative estimate of drug-likeness (QED) is 0.752. The van der Waals surface area contributed by atoms with Gasteiger partial charge in [-0.1, -0.05) is 23.2 Å². The van der Waals surface area contributed by atoms with E-state index in [1.54, 1.807) is 0 Å². The van der Waals surface area contributed by atoms with E-state index in [4.69, 9.17) is 28.3 Å². The molecule has 7 heteroatoms. The summed E-state index contributed by atoms with van der Waals surface area (Å²) in [7, 11) is 0. The molecule has 0 unspecified atom stereocenters. The molecule has 0 atom stereocenters. The second kappa shape index (κ2) is 4.46. The molecule has 0 aliphatic rings. The van der Waals surface area contributed by atoms with Crippen molar-refractivity contribution in [2.45, 2.75) is 0 Å². The van der Waals surface area contributed by atoms with Crippen LogP contribution in [0.25, 0.3) is 0 Å². The smallest absolute Gasteiger partial charge is 0.394 e. The lowest BCUT2D eigenvalue weighted by Crippen LogP contribution is -2.22. The summed E-state index contributed by atoms with van der Waals surface area (Å²) in [6.45, 7) is 0. The third-order valence-electron chi connectivity index (χ3n) is 1.44. The van der Waals surface area contributed by atoms with E-state index in [0.717, 1.165) is 12.1 Å². The summed E-state index contributed by atoms with van der Waals surface area (Å²) >= 11 is 11.1. The van der Waals surface area contributed by atoms with Gasteiger partial charge in [-0.3, -0.25) is 4.79 Å². The summed E-state index contributed by atoms with van der Waals surface area (Å²) in [5.41, 5.74) is -0.132. The van der Waals surface area contributed by atoms with Gasteiger partial charge in [-0.15, -0.1) is 0 Å². The molecular formula is C8H4Cl2FNO3. The number of anilines is 1. The van der Waals surface area contributed by atoms with E-state index in [-0.39, 0.29) is 15.7 Å². The number of benzene rings is 1. The van der Waals surface area contributed by atoms with Crippen molar-refractivity contribution < 1.29 is 19.1 Å². The van der Waals surface area contributed by atoms with E-state index in [0.29, 0.717) is 0 Å². The minimum absolute atomic E-state index is 0.132. The predicted octanol–water partition coefficient (Wildman–Crippen LogP) is 2.16. The summed E-state index contributed by atoms with van der Waals surface area (Å²) in [6, 6.07) is 1.82. The Balaban J connectivity index is 3.05. The fourth-order valence-electron chi connectivity index (χ4n) is 0.829. The number of hydrogen-bond acceptors (Lipinski definition) is 2. The van der Waals surface area contributed by atoms with Crippen LogP contribution in [0.15, 0.2) is 12.1 Å². The Morgan fingerprint density at radius 3 is 2.13 bits per heavy atom. The topological polar surface area (TPSA) is 66.4 Å². The molecule has 1 aromatic rings. The van der Waals surface area contributed by atoms with Crippen LogP contribution in [-0.4, -0.2) is 17.0 Å². The Morgan fingerprint density at radius 1 is 1.27 bits per heavy atom. The van der Waals surface area contributed by atoms with Crippen molar-refractivity contribution in [3.05, 3.63) is 28.0 Å². The number of hydrogen-bond donors (Lipinski definition) is 2. The molecule has 1 rings (SSSR count). The second-order valence-corrected chi connectivity index (χ2v) is 3.32. The van der Waals surface area contributed by atoms with Crippen molar-refractivity contribution in [2.75, 3.05) is 5.32 Å². The Hall–Kier alpha value is -1.33. The first-order chi connectivity index (χ1) is 6.91. The first kappa shape index (κ1) is 11.7. The fraction of sp³-hybridized carbons (Fsp3) is 0. The van der Waals surface area contributed by atoms with Gasteiger partial charge in [0.25, 0.3) is 0 Å². The molecule has 0 bridgehead atoms. The van der Waals surface area contributed by atoms with Crippen LogP contribution in [0.4, 0.5) is 10.1 Å². The molecule has 2 N–H and O–H groups in total. The minimum atomic E-state index is -1.69. The van der Waals surface area contributed by atoms with Crippen LogP contribution in [0.5, 0.6) is 0 Å². The first-order valence-electron chi connectivity index (χ1n) is 3.60. The summed E-state index contributed by atoms with van der Waals surface area (Å²) in [4.78, 5) is 21.0. The number of halogens is 3. The van der Waals surface area contributed by atoms with Crippen LogP contribution in [0.2, 0.25) is 10.0 Å². The van der Waals surface area contributed by atoms with Gasteiger partial charge in [0.05, 0.1) is 15.7 Å². The van der Waals surface area contributed by atoms with Crippen molar-refractivity contribution in [2.24, 2.45) is 0 Å². The molecular weight excluding hydrogens is 248 g/mol. The lowest BCUT2D eigenvalue weighted by Gasteiger charge is -2.06. The summed E-state index contributed by atoms with van der Waals surface area (Å²) in [5.74, 6) is -3.67. The Kier molecular flexibility index (Phi) is 3.49. The zero-order valence-corrected chi connectivity index (χ0v) is 8.56. The van der Waals surface area contributed by atoms with E-state index in [1.165, 1.54) is 0 Å². The number of carboxylic acid groups (broad SMARTS) is 1. The van der Waals surface area contributed by atoms with Crippen molar-refractivity contribution in [1.82, 2.24) is 0 Å². The van der Waals surface area contributed by atoms with Crippen LogP contribution < -0.4 is 5.32 Å². The third-order valence-corrected chi connectivity index (χ3v) is 2.04. The maximum atomic E-state index is 12.7. The van der Waals surface area contributed by atoms with Gasteiger partial charge in [0.15, 0.2) is 0 Å². The van der Waals surface area contributed by atoms with Crippen LogP contribution >= 0.6 is 23.2 Å². The Morgan fingerprint density at radius 2 is 1.73 bits per heavy atom. The molecule has 0 aliphatic carbocycles. The number of carboxylic acids is 1. The average molecular weight is 252 g/mol. The number of rotatable bonds is 1. The number of carbonyl (C=O) groups is 2. The number of amides is 1. The molecule has 0 radical (unpaired) electrons. The van der Waals surface area contributed by atoms with E-state index in [9.17, 15) is 14.0 Å². The summed E-state index contributed by atoms with van der Waals surface area (Å²) < 4.78 is 12.7. The van der Waals surface area contributed by atoms with Gasteiger partial charge in [-0.25, -0.2) is 9.18 Å². The first-order valence-corrected chi connectivity index (χ1v) is 4.36. The fourth-order valence-corrected chi connectivity index (χ4v) is 1.38. The maximum absolute atomic E-state index is 12.7. The highest BCUT2D eigenvalue weighted by Gasteiger charge is 2.16. The minimum Gasteiger partial charge on any atom is -0.474 e. The van der Waals surface area contributed by atoms with E-state index in [1.807, 2.05) is 5.32 Å². The van der Waals surface area contributed by atoms with Gasteiger partial charge in [-0.2, -0.15) is 0 Å². The van der Waals surface area contributed by atoms with E-state index < -0.39 is 17.7 Å². The van der Waals surface area contributed by atoms with Crippen LogP contribution in [0, 0.1) is 5.82 Å². The molecule has 1 aromatic carbocycles. The molecule has 0 saturated heterocycles. The van der Waals surface area contributed by atoms with Gasteiger partial charge in [0.2, 0.25) is 0 Å². The monoisotopic (exact) mass is 251 g/mol. The largest absolute Gasteiger partial charge is 0.474 e. The number of nitrogens with one attached hydrogen (secondary N) is 1. The van der Waals surface area contributed by atoms with Crippen LogP contribution in [-0.2, 0) is 9.59 Å². The zero-order chi connectivity index (χ0) is 11.6. The molecule has 0 fully saturated rings. The molecule has 0 aromatic heterocycles. The lowest BCUT2D eigenvalue weighted by atomic mass is 10.3. The molecule has 0 spiro atoms. The van der Waals surface area contributed by atoms with Crippen molar-refractivity contribution in [3.63, 3.8) is 0 Å². The molecule has 15 heavy (non-hydrogen) atoms. The molecule has 0 aliphatic heterocycles. The molecule has 1 amide bonds. The van der Waals surface area contributed by atoms with Crippen molar-refractivity contribution in [3.8, 4) is 0 Å². The Labute approximate surface area is 93.6 Å². The predicted molar refractivity (Wildman–Crippen MR) is 52.7 cm³/mol. The lowest BCUT2D eigenvalue weighted by molar-refractivity contribution is -0.147. The SMILES string of the molecule is O=C(O)C(=O)Nc1c(Cl)cc(F)cc1Cl. The normalized spacial score (nSPS) is 9.80. The molecule has 80 valence electrons. The highest BCUT2D eigenvalue weighted by atomic mass is 35.5. The van der Waals surface area contributed by atoms with Gasteiger partial charge in [-0.05, 0) is 12.1 Å². The average Bonchev–Trinajstić information content (AvgIpc) is 2.10. The van der Waals surface area contributed by atoms with Crippen molar-refractivity contribution in [1.29, 1.82) is 0 Å². The molecule has 4 nitrogen and oxygen atoms in total. The van der Waals surface area contributed by atoms with E-state index in [2.05, 4.69) is 0 Å².